The van der Waals surface area contributed by atoms with Crippen LogP contribution in [0.3, 0.4) is 0 Å². The third-order valence-corrected chi connectivity index (χ3v) is 19.1. The molecule has 11 aromatic carbocycles. The van der Waals surface area contributed by atoms with Crippen molar-refractivity contribution < 1.29 is 9.47 Å². The van der Waals surface area contributed by atoms with E-state index in [9.17, 15) is 0 Å². The lowest BCUT2D eigenvalue weighted by atomic mass is 9.31. The molecule has 6 nitrogen and oxygen atoms in total. The fourth-order valence-electron chi connectivity index (χ4n) is 13.1. The van der Waals surface area contributed by atoms with Gasteiger partial charge in [0.1, 0.15) is 23.0 Å². The van der Waals surface area contributed by atoms with E-state index in [2.05, 4.69) is 311 Å². The third kappa shape index (κ3) is 7.86. The van der Waals surface area contributed by atoms with E-state index in [1.807, 2.05) is 22.7 Å². The number of ether oxygens (including phenoxy) is 2. The van der Waals surface area contributed by atoms with Crippen LogP contribution in [0.4, 0.5) is 66.9 Å². The van der Waals surface area contributed by atoms with Gasteiger partial charge in [-0.2, -0.15) is 0 Å². The minimum absolute atomic E-state index is 0.191. The van der Waals surface area contributed by atoms with Crippen LogP contribution in [-0.4, -0.2) is 13.4 Å². The number of hydrogen-bond acceptors (Lipinski definition) is 8. The van der Waals surface area contributed by atoms with Crippen LogP contribution in [0.1, 0.15) is 0 Å². The van der Waals surface area contributed by atoms with Crippen molar-refractivity contribution in [2.24, 2.45) is 0 Å². The monoisotopic (exact) mass is 1110 g/mol. The average molecular weight is 1110 g/mol. The standard InChI is InChI=1S/C74H48B2N4O2S2/c1-9-25-49(26-10-1)69-46-61-73(83-69)79(55-37-21-7-22-38-55)63-41-57(77(51-29-13-3-14-30-51)52-31-15-4-16-32-52)43-67-71(63)75(61)59-45-60-66(48-65(59)81-67)82-68-44-58(78(53-33-17-5-18-34-53)54-35-19-6-20-36-54)42-64-72(68)76(60)62-47-70(50-27-11-2-12-28-50)84-74(62)80(64)56-39-23-8-24-40-56/h1-48H. The van der Waals surface area contributed by atoms with E-state index in [0.29, 0.717) is 0 Å². The van der Waals surface area contributed by atoms with Gasteiger partial charge in [-0.3, -0.25) is 0 Å². The van der Waals surface area contributed by atoms with E-state index in [0.717, 1.165) is 102 Å². The molecular weight excluding hydrogens is 1060 g/mol. The van der Waals surface area contributed by atoms with Gasteiger partial charge in [-0.15, -0.1) is 22.7 Å². The quantitative estimate of drug-likeness (QED) is 0.127. The lowest BCUT2D eigenvalue weighted by molar-refractivity contribution is 0.466. The highest BCUT2D eigenvalue weighted by atomic mass is 32.1. The highest BCUT2D eigenvalue weighted by Crippen LogP contribution is 2.52. The van der Waals surface area contributed by atoms with Crippen molar-refractivity contribution in [2.45, 2.75) is 0 Å². The molecule has 13 aromatic rings. The molecule has 0 spiro atoms. The predicted molar refractivity (Wildman–Crippen MR) is 354 cm³/mol. The molecule has 394 valence electrons. The van der Waals surface area contributed by atoms with E-state index >= 15 is 0 Å². The summed E-state index contributed by atoms with van der Waals surface area (Å²) in [7, 11) is 0. The minimum Gasteiger partial charge on any atom is -0.458 e. The van der Waals surface area contributed by atoms with E-state index in [4.69, 9.17) is 9.47 Å². The second-order valence-corrected chi connectivity index (χ2v) is 23.6. The highest BCUT2D eigenvalue weighted by molar-refractivity contribution is 7.23. The molecule has 84 heavy (non-hydrogen) atoms. The van der Waals surface area contributed by atoms with Gasteiger partial charge in [-0.25, -0.2) is 0 Å². The summed E-state index contributed by atoms with van der Waals surface area (Å²) < 4.78 is 15.2. The van der Waals surface area contributed by atoms with E-state index in [-0.39, 0.29) is 13.4 Å². The van der Waals surface area contributed by atoms with Gasteiger partial charge < -0.3 is 29.1 Å². The van der Waals surface area contributed by atoms with Crippen molar-refractivity contribution in [3.63, 3.8) is 0 Å². The Labute approximate surface area is 496 Å². The summed E-state index contributed by atoms with van der Waals surface area (Å²) in [4.78, 5) is 12.1. The number of fused-ring (bicyclic) bond motifs is 8. The maximum Gasteiger partial charge on any atom is 0.257 e. The summed E-state index contributed by atoms with van der Waals surface area (Å²) >= 11 is 3.70. The Morgan fingerprint density at radius 3 is 0.952 bits per heavy atom. The fraction of sp³-hybridized carbons (Fsp3) is 0. The Balaban J connectivity index is 0.927. The number of nitrogens with zero attached hydrogens (tertiary/aromatic N) is 4. The molecule has 0 atom stereocenters. The lowest BCUT2D eigenvalue weighted by Crippen LogP contribution is -2.62. The summed E-state index contributed by atoms with van der Waals surface area (Å²) in [6.07, 6.45) is 0. The zero-order chi connectivity index (χ0) is 55.2. The molecule has 0 saturated heterocycles. The molecule has 0 radical (unpaired) electrons. The van der Waals surface area contributed by atoms with Crippen molar-refractivity contribution in [3.05, 3.63) is 291 Å². The van der Waals surface area contributed by atoms with Gasteiger partial charge >= 0.3 is 0 Å². The van der Waals surface area contributed by atoms with E-state index in [1.165, 1.54) is 41.8 Å². The molecule has 0 fully saturated rings. The Hall–Kier alpha value is -10.3. The maximum absolute atomic E-state index is 7.58. The summed E-state index contributed by atoms with van der Waals surface area (Å²) in [6, 6.07) is 105. The van der Waals surface area contributed by atoms with Gasteiger partial charge in [0.25, 0.3) is 13.4 Å². The summed E-state index contributed by atoms with van der Waals surface area (Å²) in [5.41, 5.74) is 19.8. The number of para-hydroxylation sites is 6. The van der Waals surface area contributed by atoms with Gasteiger partial charge in [0, 0.05) is 73.5 Å². The van der Waals surface area contributed by atoms with Crippen LogP contribution in [0, 0.1) is 0 Å². The lowest BCUT2D eigenvalue weighted by Gasteiger charge is -2.41. The van der Waals surface area contributed by atoms with Crippen molar-refractivity contribution in [3.8, 4) is 43.9 Å². The van der Waals surface area contributed by atoms with Crippen LogP contribution in [0.2, 0.25) is 0 Å². The normalized spacial score (nSPS) is 12.9. The first-order chi connectivity index (χ1) is 41.7. The second-order valence-electron chi connectivity index (χ2n) is 21.6. The molecule has 0 saturated carbocycles. The number of thiophene rings is 2. The summed E-state index contributed by atoms with van der Waals surface area (Å²) in [5, 5.41) is 2.36. The van der Waals surface area contributed by atoms with Crippen molar-refractivity contribution in [1.29, 1.82) is 0 Å². The molecule has 2 aromatic heterocycles. The van der Waals surface area contributed by atoms with Gasteiger partial charge in [0.05, 0.1) is 21.4 Å². The van der Waals surface area contributed by atoms with Crippen LogP contribution in [-0.2, 0) is 0 Å². The predicted octanol–water partition coefficient (Wildman–Crippen LogP) is 16.9. The average Bonchev–Trinajstić information content (AvgIpc) is 1.63. The molecule has 6 heterocycles. The molecule has 0 unspecified atom stereocenters. The molecule has 4 aliphatic rings. The minimum atomic E-state index is -0.191. The topological polar surface area (TPSA) is 31.4 Å². The zero-order valence-corrected chi connectivity index (χ0v) is 46.9. The summed E-state index contributed by atoms with van der Waals surface area (Å²) in [5.74, 6) is 3.17. The van der Waals surface area contributed by atoms with Crippen molar-refractivity contribution in [1.82, 2.24) is 0 Å². The largest absolute Gasteiger partial charge is 0.458 e. The molecule has 10 heteroatoms. The number of benzene rings is 11. The first-order valence-corrected chi connectivity index (χ1v) is 30.1. The third-order valence-electron chi connectivity index (χ3n) is 16.7. The van der Waals surface area contributed by atoms with Crippen LogP contribution < -0.4 is 61.9 Å². The van der Waals surface area contributed by atoms with Gasteiger partial charge in [0.15, 0.2) is 0 Å². The van der Waals surface area contributed by atoms with E-state index < -0.39 is 0 Å². The maximum atomic E-state index is 7.58. The van der Waals surface area contributed by atoms with Crippen LogP contribution in [0.15, 0.2) is 291 Å². The van der Waals surface area contributed by atoms with Crippen molar-refractivity contribution in [2.75, 3.05) is 19.6 Å². The molecule has 0 aliphatic carbocycles. The molecule has 0 bridgehead atoms. The Morgan fingerprint density at radius 1 is 0.286 bits per heavy atom. The first kappa shape index (κ1) is 48.5. The molecule has 0 N–H and O–H groups in total. The Morgan fingerprint density at radius 2 is 0.607 bits per heavy atom. The highest BCUT2D eigenvalue weighted by Gasteiger charge is 2.48. The fourth-order valence-corrected chi connectivity index (χ4v) is 15.6. The SMILES string of the molecule is c1ccc(-c2cc3c(s2)N(c2ccccc2)c2cc(N(c4ccccc4)c4ccccc4)cc4c2B3c2cc3c(cc2O4)Oc2cc(N(c4ccccc4)c4ccccc4)cc4c2B3c2cc(-c3ccccc3)sc2N4c2ccccc2)cc1. The van der Waals surface area contributed by atoms with Crippen molar-refractivity contribution >= 4 is 136 Å². The Kier molecular flexibility index (Phi) is 11.4. The zero-order valence-electron chi connectivity index (χ0n) is 45.3. The van der Waals surface area contributed by atoms with Crippen LogP contribution >= 0.6 is 22.7 Å². The second kappa shape index (κ2) is 19.7. The molecular formula is C74H48B2N4O2S2. The van der Waals surface area contributed by atoms with Crippen LogP contribution in [0.5, 0.6) is 23.0 Å². The smallest absolute Gasteiger partial charge is 0.257 e. The molecule has 4 aliphatic heterocycles. The number of anilines is 12. The Bertz CT molecular complexity index is 4260. The number of hydrogen-bond donors (Lipinski definition) is 0. The number of rotatable bonds is 10. The summed E-state index contributed by atoms with van der Waals surface area (Å²) in [6.45, 7) is -0.382. The van der Waals surface area contributed by atoms with E-state index in [1.54, 1.807) is 0 Å². The van der Waals surface area contributed by atoms with Gasteiger partial charge in [-0.1, -0.05) is 176 Å². The molecule has 17 rings (SSSR count). The van der Waals surface area contributed by atoms with Gasteiger partial charge in [0.2, 0.25) is 0 Å². The molecule has 0 amide bonds. The van der Waals surface area contributed by atoms with Gasteiger partial charge in [-0.05, 0) is 141 Å². The van der Waals surface area contributed by atoms with Crippen LogP contribution in [0.25, 0.3) is 20.9 Å². The first-order valence-electron chi connectivity index (χ1n) is 28.5.